The molecular weight excluding hydrogens is 387 g/mol. The van der Waals surface area contributed by atoms with Gasteiger partial charge >= 0.3 is 0 Å². The van der Waals surface area contributed by atoms with Crippen LogP contribution in [0.3, 0.4) is 0 Å². The molecule has 0 bridgehead atoms. The molecule has 0 saturated heterocycles. The fourth-order valence-corrected chi connectivity index (χ4v) is 2.79. The fourth-order valence-electron chi connectivity index (χ4n) is 2.05. The van der Waals surface area contributed by atoms with E-state index in [0.29, 0.717) is 16.6 Å². The minimum absolute atomic E-state index is 0.362. The summed E-state index contributed by atoms with van der Waals surface area (Å²) in [6, 6.07) is 15.5. The summed E-state index contributed by atoms with van der Waals surface area (Å²) in [7, 11) is 0. The predicted octanol–water partition coefficient (Wildman–Crippen LogP) is 4.85. The third-order valence-corrected chi connectivity index (χ3v) is 3.82. The van der Waals surface area contributed by atoms with Gasteiger partial charge in [0, 0.05) is 14.2 Å². The second kappa shape index (κ2) is 5.46. The molecule has 3 nitrogen and oxygen atoms in total. The Morgan fingerprint density at radius 3 is 2.55 bits per heavy atom. The molecule has 3 aromatic rings. The molecule has 1 aromatic heterocycles. The number of nitrogen functional groups attached to an aromatic ring is 1. The maximum absolute atomic E-state index is 6.04. The number of halogens is 2. The number of nitrogens with zero attached hydrogens (tertiary/aromatic N) is 1. The standard InChI is InChI=1S/C15H10ClIN2O/c16-11-5-1-3-9(7-11)13-14(20-19-15(13)18)10-4-2-6-12(17)8-10/h1-8H,(H2,18,19). The normalized spacial score (nSPS) is 10.7. The Bertz CT molecular complexity index is 770. The Kier molecular flexibility index (Phi) is 3.67. The van der Waals surface area contributed by atoms with E-state index in [4.69, 9.17) is 21.9 Å². The van der Waals surface area contributed by atoms with Crippen LogP contribution in [0.2, 0.25) is 5.02 Å². The second-order valence-electron chi connectivity index (χ2n) is 4.29. The largest absolute Gasteiger partial charge is 0.380 e. The molecule has 0 saturated carbocycles. The summed E-state index contributed by atoms with van der Waals surface area (Å²) in [6.07, 6.45) is 0. The summed E-state index contributed by atoms with van der Waals surface area (Å²) in [5.74, 6) is 1.02. The molecule has 0 aliphatic carbocycles. The predicted molar refractivity (Wildman–Crippen MR) is 89.5 cm³/mol. The van der Waals surface area contributed by atoms with Gasteiger partial charge in [-0.2, -0.15) is 0 Å². The van der Waals surface area contributed by atoms with Crippen molar-refractivity contribution in [2.24, 2.45) is 0 Å². The highest BCUT2D eigenvalue weighted by atomic mass is 127. The lowest BCUT2D eigenvalue weighted by Crippen LogP contribution is -1.89. The zero-order chi connectivity index (χ0) is 14.1. The molecule has 3 rings (SSSR count). The Morgan fingerprint density at radius 2 is 1.80 bits per heavy atom. The zero-order valence-electron chi connectivity index (χ0n) is 10.3. The summed E-state index contributed by atoms with van der Waals surface area (Å²) >= 11 is 8.30. The monoisotopic (exact) mass is 396 g/mol. The molecule has 2 aromatic carbocycles. The van der Waals surface area contributed by atoms with Crippen molar-refractivity contribution in [3.05, 3.63) is 57.1 Å². The van der Waals surface area contributed by atoms with E-state index in [9.17, 15) is 0 Å². The van der Waals surface area contributed by atoms with Crippen molar-refractivity contribution < 1.29 is 4.52 Å². The first kappa shape index (κ1) is 13.5. The molecule has 5 heteroatoms. The Morgan fingerprint density at radius 1 is 1.05 bits per heavy atom. The molecular formula is C15H10ClIN2O. The van der Waals surface area contributed by atoms with Crippen LogP contribution in [0.25, 0.3) is 22.5 Å². The lowest BCUT2D eigenvalue weighted by atomic mass is 10.0. The molecule has 0 radical (unpaired) electrons. The average molecular weight is 397 g/mol. The van der Waals surface area contributed by atoms with Crippen molar-refractivity contribution in [1.29, 1.82) is 0 Å². The van der Waals surface area contributed by atoms with Gasteiger partial charge in [-0.3, -0.25) is 0 Å². The van der Waals surface area contributed by atoms with E-state index in [1.807, 2.05) is 48.5 Å². The van der Waals surface area contributed by atoms with Gasteiger partial charge in [0.15, 0.2) is 11.6 Å². The molecule has 0 aliphatic rings. The van der Waals surface area contributed by atoms with Crippen molar-refractivity contribution in [3.8, 4) is 22.5 Å². The van der Waals surface area contributed by atoms with Crippen LogP contribution in [-0.2, 0) is 0 Å². The van der Waals surface area contributed by atoms with Crippen LogP contribution in [0.1, 0.15) is 0 Å². The zero-order valence-corrected chi connectivity index (χ0v) is 13.2. The summed E-state index contributed by atoms with van der Waals surface area (Å²) in [6.45, 7) is 0. The summed E-state index contributed by atoms with van der Waals surface area (Å²) in [5, 5.41) is 4.54. The van der Waals surface area contributed by atoms with Crippen molar-refractivity contribution in [3.63, 3.8) is 0 Å². The molecule has 20 heavy (non-hydrogen) atoms. The first-order valence-corrected chi connectivity index (χ1v) is 7.38. The lowest BCUT2D eigenvalue weighted by molar-refractivity contribution is 0.436. The number of nitrogens with two attached hydrogens (primary N) is 1. The van der Waals surface area contributed by atoms with Gasteiger partial charge in [-0.05, 0) is 52.4 Å². The van der Waals surface area contributed by atoms with E-state index < -0.39 is 0 Å². The van der Waals surface area contributed by atoms with Gasteiger partial charge in [0.1, 0.15) is 0 Å². The number of aromatic nitrogens is 1. The minimum atomic E-state index is 0.362. The molecule has 0 spiro atoms. The third kappa shape index (κ3) is 2.53. The van der Waals surface area contributed by atoms with Crippen LogP contribution in [-0.4, -0.2) is 5.16 Å². The highest BCUT2D eigenvalue weighted by Crippen LogP contribution is 2.37. The molecule has 1 heterocycles. The average Bonchev–Trinajstić information content (AvgIpc) is 2.80. The molecule has 2 N–H and O–H groups in total. The molecule has 0 amide bonds. The number of rotatable bonds is 2. The summed E-state index contributed by atoms with van der Waals surface area (Å²) < 4.78 is 6.53. The van der Waals surface area contributed by atoms with E-state index in [2.05, 4.69) is 27.7 Å². The molecule has 0 unspecified atom stereocenters. The van der Waals surface area contributed by atoms with Crippen LogP contribution < -0.4 is 5.73 Å². The van der Waals surface area contributed by atoms with E-state index in [-0.39, 0.29) is 0 Å². The maximum atomic E-state index is 6.04. The molecule has 0 aliphatic heterocycles. The molecule has 0 fully saturated rings. The number of benzene rings is 2. The van der Waals surface area contributed by atoms with Gasteiger partial charge in [0.25, 0.3) is 0 Å². The van der Waals surface area contributed by atoms with Crippen molar-refractivity contribution in [2.45, 2.75) is 0 Å². The first-order valence-electron chi connectivity index (χ1n) is 5.92. The number of hydrogen-bond donors (Lipinski definition) is 1. The number of hydrogen-bond acceptors (Lipinski definition) is 3. The fraction of sp³-hybridized carbons (Fsp3) is 0. The van der Waals surface area contributed by atoms with E-state index in [1.54, 1.807) is 0 Å². The van der Waals surface area contributed by atoms with Crippen LogP contribution in [0.4, 0.5) is 5.82 Å². The van der Waals surface area contributed by atoms with Gasteiger partial charge in [0.2, 0.25) is 0 Å². The highest BCUT2D eigenvalue weighted by Gasteiger charge is 2.17. The first-order chi connectivity index (χ1) is 9.65. The smallest absolute Gasteiger partial charge is 0.176 e. The van der Waals surface area contributed by atoms with Crippen molar-refractivity contribution in [2.75, 3.05) is 5.73 Å². The second-order valence-corrected chi connectivity index (χ2v) is 5.97. The van der Waals surface area contributed by atoms with Crippen LogP contribution in [0.5, 0.6) is 0 Å². The summed E-state index contributed by atoms with van der Waals surface area (Å²) in [5.41, 5.74) is 8.56. The van der Waals surface area contributed by atoms with Gasteiger partial charge in [-0.15, -0.1) is 0 Å². The maximum Gasteiger partial charge on any atom is 0.176 e. The quantitative estimate of drug-likeness (QED) is 0.630. The van der Waals surface area contributed by atoms with Gasteiger partial charge in [-0.1, -0.05) is 41.0 Å². The van der Waals surface area contributed by atoms with Gasteiger partial charge in [0.05, 0.1) is 5.56 Å². The van der Waals surface area contributed by atoms with E-state index in [0.717, 1.165) is 20.3 Å². The molecule has 100 valence electrons. The van der Waals surface area contributed by atoms with Crippen LogP contribution >= 0.6 is 34.2 Å². The van der Waals surface area contributed by atoms with Crippen LogP contribution in [0.15, 0.2) is 53.1 Å². The van der Waals surface area contributed by atoms with E-state index >= 15 is 0 Å². The number of anilines is 1. The lowest BCUT2D eigenvalue weighted by Gasteiger charge is -2.04. The van der Waals surface area contributed by atoms with Gasteiger partial charge < -0.3 is 10.3 Å². The third-order valence-electron chi connectivity index (χ3n) is 2.92. The van der Waals surface area contributed by atoms with Crippen molar-refractivity contribution in [1.82, 2.24) is 5.16 Å². The van der Waals surface area contributed by atoms with Gasteiger partial charge in [-0.25, -0.2) is 0 Å². The molecule has 0 atom stereocenters. The van der Waals surface area contributed by atoms with Crippen LogP contribution in [0, 0.1) is 3.57 Å². The van der Waals surface area contributed by atoms with E-state index in [1.165, 1.54) is 0 Å². The minimum Gasteiger partial charge on any atom is -0.380 e. The Hall–Kier alpha value is -1.53. The topological polar surface area (TPSA) is 52.0 Å². The Labute approximate surface area is 134 Å². The summed E-state index contributed by atoms with van der Waals surface area (Å²) in [4.78, 5) is 0. The highest BCUT2D eigenvalue weighted by molar-refractivity contribution is 14.1. The SMILES string of the molecule is Nc1noc(-c2cccc(I)c2)c1-c1cccc(Cl)c1. The Balaban J connectivity index is 2.20. The van der Waals surface area contributed by atoms with Crippen molar-refractivity contribution >= 4 is 40.0 Å².